The molecule has 0 aromatic heterocycles. The Morgan fingerprint density at radius 3 is 1.55 bits per heavy atom. The Labute approximate surface area is 117 Å². The van der Waals surface area contributed by atoms with Crippen molar-refractivity contribution in [3.05, 3.63) is 59.7 Å². The fraction of sp³-hybridized carbons (Fsp3) is 0.176. The van der Waals surface area contributed by atoms with E-state index in [1.54, 1.807) is 24.3 Å². The molecule has 0 saturated heterocycles. The standard InChI is InChI=1S/C17H16O3/c1-11(2)16(18)14-7-3-12(4-8-14)13-5-9-15(10-6-13)17(19)20/h3-11H,1-2H3,(H,19,20). The lowest BCUT2D eigenvalue weighted by Gasteiger charge is -2.06. The highest BCUT2D eigenvalue weighted by atomic mass is 16.4. The molecule has 0 unspecified atom stereocenters. The molecule has 0 atom stereocenters. The summed E-state index contributed by atoms with van der Waals surface area (Å²) in [5.41, 5.74) is 2.85. The van der Waals surface area contributed by atoms with Crippen molar-refractivity contribution in [2.24, 2.45) is 5.92 Å². The lowest BCUT2D eigenvalue weighted by atomic mass is 9.97. The number of carboxylic acids is 1. The zero-order valence-corrected chi connectivity index (χ0v) is 11.5. The predicted molar refractivity (Wildman–Crippen MR) is 78.0 cm³/mol. The van der Waals surface area contributed by atoms with Gasteiger partial charge in [-0.25, -0.2) is 4.79 Å². The third-order valence-corrected chi connectivity index (χ3v) is 3.16. The Kier molecular flexibility index (Phi) is 3.99. The molecule has 0 aliphatic heterocycles. The average molecular weight is 268 g/mol. The molecule has 0 radical (unpaired) electrons. The maximum atomic E-state index is 11.8. The van der Waals surface area contributed by atoms with Crippen LogP contribution in [0, 0.1) is 5.92 Å². The molecule has 0 saturated carbocycles. The van der Waals surface area contributed by atoms with E-state index in [2.05, 4.69) is 0 Å². The molecule has 0 heterocycles. The lowest BCUT2D eigenvalue weighted by Crippen LogP contribution is -2.06. The molecule has 0 aliphatic carbocycles. The van der Waals surface area contributed by atoms with E-state index in [0.29, 0.717) is 5.56 Å². The number of benzene rings is 2. The summed E-state index contributed by atoms with van der Waals surface area (Å²) < 4.78 is 0. The van der Waals surface area contributed by atoms with Crippen molar-refractivity contribution in [3.63, 3.8) is 0 Å². The third-order valence-electron chi connectivity index (χ3n) is 3.16. The monoisotopic (exact) mass is 268 g/mol. The fourth-order valence-corrected chi connectivity index (χ4v) is 1.97. The van der Waals surface area contributed by atoms with E-state index in [1.165, 1.54) is 0 Å². The second-order valence-electron chi connectivity index (χ2n) is 4.98. The summed E-state index contributed by atoms with van der Waals surface area (Å²) in [5.74, 6) is -0.831. The Morgan fingerprint density at radius 1 is 0.800 bits per heavy atom. The molecule has 0 fully saturated rings. The first-order valence-corrected chi connectivity index (χ1v) is 6.47. The van der Waals surface area contributed by atoms with Crippen LogP contribution in [0.3, 0.4) is 0 Å². The maximum Gasteiger partial charge on any atom is 0.335 e. The molecule has 102 valence electrons. The summed E-state index contributed by atoms with van der Waals surface area (Å²) in [7, 11) is 0. The van der Waals surface area contributed by atoms with E-state index in [0.717, 1.165) is 11.1 Å². The van der Waals surface area contributed by atoms with Crippen LogP contribution < -0.4 is 0 Å². The molecule has 2 rings (SSSR count). The van der Waals surface area contributed by atoms with Crippen LogP contribution in [0.2, 0.25) is 0 Å². The highest BCUT2D eigenvalue weighted by molar-refractivity contribution is 5.97. The van der Waals surface area contributed by atoms with Crippen LogP contribution in [0.25, 0.3) is 11.1 Å². The second-order valence-corrected chi connectivity index (χ2v) is 4.98. The highest BCUT2D eigenvalue weighted by Crippen LogP contribution is 2.21. The first-order valence-electron chi connectivity index (χ1n) is 6.47. The third kappa shape index (κ3) is 2.94. The first kappa shape index (κ1) is 14.0. The Balaban J connectivity index is 2.26. The minimum absolute atomic E-state index is 0.0179. The van der Waals surface area contributed by atoms with E-state index in [9.17, 15) is 9.59 Å². The lowest BCUT2D eigenvalue weighted by molar-refractivity contribution is 0.0696. The van der Waals surface area contributed by atoms with Gasteiger partial charge >= 0.3 is 5.97 Å². The Morgan fingerprint density at radius 2 is 1.20 bits per heavy atom. The van der Waals surface area contributed by atoms with Crippen molar-refractivity contribution in [2.75, 3.05) is 0 Å². The Bertz CT molecular complexity index is 622. The maximum absolute atomic E-state index is 11.8. The smallest absolute Gasteiger partial charge is 0.335 e. The van der Waals surface area contributed by atoms with Crippen LogP contribution in [-0.4, -0.2) is 16.9 Å². The number of hydrogen-bond donors (Lipinski definition) is 1. The molecular weight excluding hydrogens is 252 g/mol. The number of rotatable bonds is 4. The van der Waals surface area contributed by atoms with Gasteiger partial charge in [-0.2, -0.15) is 0 Å². The van der Waals surface area contributed by atoms with Gasteiger partial charge in [-0.3, -0.25) is 4.79 Å². The van der Waals surface area contributed by atoms with Gasteiger partial charge in [0, 0.05) is 11.5 Å². The van der Waals surface area contributed by atoms with Crippen molar-refractivity contribution < 1.29 is 14.7 Å². The van der Waals surface area contributed by atoms with Crippen molar-refractivity contribution in [3.8, 4) is 11.1 Å². The van der Waals surface area contributed by atoms with Gasteiger partial charge in [0.15, 0.2) is 5.78 Å². The normalized spacial score (nSPS) is 10.6. The number of hydrogen-bond acceptors (Lipinski definition) is 2. The second kappa shape index (κ2) is 5.70. The van der Waals surface area contributed by atoms with Gasteiger partial charge in [0.2, 0.25) is 0 Å². The van der Waals surface area contributed by atoms with Gasteiger partial charge < -0.3 is 5.11 Å². The minimum Gasteiger partial charge on any atom is -0.478 e. The number of carbonyl (C=O) groups is 2. The number of Topliss-reactive ketones (excluding diaryl/α,β-unsaturated/α-hetero) is 1. The van der Waals surface area contributed by atoms with Crippen LogP contribution in [0.15, 0.2) is 48.5 Å². The highest BCUT2D eigenvalue weighted by Gasteiger charge is 2.10. The molecular formula is C17H16O3. The molecule has 3 heteroatoms. The van der Waals surface area contributed by atoms with Crippen molar-refractivity contribution in [1.29, 1.82) is 0 Å². The van der Waals surface area contributed by atoms with Crippen molar-refractivity contribution in [1.82, 2.24) is 0 Å². The van der Waals surface area contributed by atoms with Crippen molar-refractivity contribution >= 4 is 11.8 Å². The zero-order chi connectivity index (χ0) is 14.7. The SMILES string of the molecule is CC(C)C(=O)c1ccc(-c2ccc(C(=O)O)cc2)cc1. The molecule has 1 N–H and O–H groups in total. The van der Waals surface area contributed by atoms with E-state index in [1.807, 2.05) is 38.1 Å². The molecule has 3 nitrogen and oxygen atoms in total. The number of ketones is 1. The zero-order valence-electron chi connectivity index (χ0n) is 11.5. The van der Waals surface area contributed by atoms with Gasteiger partial charge in [0.05, 0.1) is 5.56 Å². The van der Waals surface area contributed by atoms with Crippen LogP contribution in [0.4, 0.5) is 0 Å². The van der Waals surface area contributed by atoms with Gasteiger partial charge in [0.25, 0.3) is 0 Å². The minimum atomic E-state index is -0.936. The largest absolute Gasteiger partial charge is 0.478 e. The van der Waals surface area contributed by atoms with Gasteiger partial charge in [-0.1, -0.05) is 50.2 Å². The van der Waals surface area contributed by atoms with Gasteiger partial charge in [0.1, 0.15) is 0 Å². The fourth-order valence-electron chi connectivity index (χ4n) is 1.97. The number of aromatic carboxylic acids is 1. The summed E-state index contributed by atoms with van der Waals surface area (Å²) >= 11 is 0. The van der Waals surface area contributed by atoms with E-state index in [-0.39, 0.29) is 17.3 Å². The molecule has 2 aromatic carbocycles. The first-order chi connectivity index (χ1) is 9.49. The molecule has 0 spiro atoms. The predicted octanol–water partition coefficient (Wildman–Crippen LogP) is 3.89. The van der Waals surface area contributed by atoms with E-state index >= 15 is 0 Å². The van der Waals surface area contributed by atoms with Crippen LogP contribution >= 0.6 is 0 Å². The number of carbonyl (C=O) groups excluding carboxylic acids is 1. The average Bonchev–Trinajstić information content (AvgIpc) is 2.46. The molecule has 2 aromatic rings. The van der Waals surface area contributed by atoms with E-state index in [4.69, 9.17) is 5.11 Å². The molecule has 0 bridgehead atoms. The van der Waals surface area contributed by atoms with Gasteiger partial charge in [-0.05, 0) is 23.3 Å². The van der Waals surface area contributed by atoms with Crippen LogP contribution in [0.5, 0.6) is 0 Å². The van der Waals surface area contributed by atoms with E-state index < -0.39 is 5.97 Å². The quantitative estimate of drug-likeness (QED) is 0.856. The van der Waals surface area contributed by atoms with Crippen LogP contribution in [0.1, 0.15) is 34.6 Å². The Hall–Kier alpha value is -2.42. The molecule has 20 heavy (non-hydrogen) atoms. The molecule has 0 aliphatic rings. The summed E-state index contributed by atoms with van der Waals surface area (Å²) in [4.78, 5) is 22.6. The summed E-state index contributed by atoms with van der Waals surface area (Å²) in [6.45, 7) is 3.75. The summed E-state index contributed by atoms with van der Waals surface area (Å²) in [6.07, 6.45) is 0. The van der Waals surface area contributed by atoms with Crippen molar-refractivity contribution in [2.45, 2.75) is 13.8 Å². The van der Waals surface area contributed by atoms with Gasteiger partial charge in [-0.15, -0.1) is 0 Å². The number of carboxylic acid groups (broad SMARTS) is 1. The van der Waals surface area contributed by atoms with Crippen LogP contribution in [-0.2, 0) is 0 Å². The summed E-state index contributed by atoms with van der Waals surface area (Å²) in [5, 5.41) is 8.86. The molecule has 0 amide bonds. The summed E-state index contributed by atoms with van der Waals surface area (Å²) in [6, 6.07) is 14.1. The topological polar surface area (TPSA) is 54.4 Å².